The highest BCUT2D eigenvalue weighted by Gasteiger charge is 2.42. The molecule has 0 saturated carbocycles. The van der Waals surface area contributed by atoms with Gasteiger partial charge in [-0.25, -0.2) is 4.79 Å². The Bertz CT molecular complexity index is 1700. The van der Waals surface area contributed by atoms with E-state index < -0.39 is 5.97 Å². The van der Waals surface area contributed by atoms with Crippen molar-refractivity contribution in [1.82, 2.24) is 14.9 Å². The largest absolute Gasteiger partial charge is 0.497 e. The number of anilines is 1. The number of carbonyl (C=O) groups is 1. The van der Waals surface area contributed by atoms with Crippen molar-refractivity contribution < 1.29 is 19.0 Å². The zero-order valence-corrected chi connectivity index (χ0v) is 23.8. The predicted molar refractivity (Wildman–Crippen MR) is 165 cm³/mol. The number of ether oxygens (including phenoxy) is 3. The van der Waals surface area contributed by atoms with Crippen molar-refractivity contribution in [1.29, 1.82) is 0 Å². The maximum Gasteiger partial charge on any atom is 0.339 e. The van der Waals surface area contributed by atoms with E-state index in [4.69, 9.17) is 26.4 Å². The van der Waals surface area contributed by atoms with Gasteiger partial charge < -0.3 is 29.0 Å². The lowest BCUT2D eigenvalue weighted by Crippen LogP contribution is -2.30. The second kappa shape index (κ2) is 11.8. The van der Waals surface area contributed by atoms with Gasteiger partial charge in [-0.3, -0.25) is 4.98 Å². The highest BCUT2D eigenvalue weighted by Crippen LogP contribution is 2.43. The minimum atomic E-state index is -0.407. The van der Waals surface area contributed by atoms with Gasteiger partial charge in [-0.15, -0.1) is 0 Å². The molecule has 1 aliphatic heterocycles. The van der Waals surface area contributed by atoms with Crippen molar-refractivity contribution in [3.8, 4) is 22.9 Å². The molecule has 3 heterocycles. The normalized spacial score (nSPS) is 16.1. The van der Waals surface area contributed by atoms with Crippen LogP contribution < -0.4 is 19.7 Å². The van der Waals surface area contributed by atoms with Gasteiger partial charge in [-0.2, -0.15) is 0 Å². The Morgan fingerprint density at radius 1 is 0.833 bits per heavy atom. The van der Waals surface area contributed by atoms with E-state index in [0.717, 1.165) is 22.8 Å². The average molecular weight is 577 g/mol. The van der Waals surface area contributed by atoms with Gasteiger partial charge in [0.15, 0.2) is 5.11 Å². The molecule has 1 fully saturated rings. The van der Waals surface area contributed by atoms with Crippen molar-refractivity contribution in [3.05, 3.63) is 132 Å². The van der Waals surface area contributed by atoms with Crippen LogP contribution in [0.25, 0.3) is 5.69 Å². The monoisotopic (exact) mass is 576 g/mol. The van der Waals surface area contributed by atoms with Crippen LogP contribution in [0.15, 0.2) is 116 Å². The van der Waals surface area contributed by atoms with Gasteiger partial charge in [0.1, 0.15) is 23.3 Å². The second-order valence-electron chi connectivity index (χ2n) is 9.58. The molecule has 0 bridgehead atoms. The van der Waals surface area contributed by atoms with Crippen molar-refractivity contribution in [2.24, 2.45) is 0 Å². The van der Waals surface area contributed by atoms with E-state index >= 15 is 0 Å². The Morgan fingerprint density at radius 3 is 2.21 bits per heavy atom. The summed E-state index contributed by atoms with van der Waals surface area (Å²) < 4.78 is 18.4. The average Bonchev–Trinajstić information content (AvgIpc) is 3.66. The predicted octanol–water partition coefficient (Wildman–Crippen LogP) is 6.64. The van der Waals surface area contributed by atoms with Crippen LogP contribution in [-0.4, -0.2) is 34.9 Å². The summed E-state index contributed by atoms with van der Waals surface area (Å²) >= 11 is 5.92. The summed E-state index contributed by atoms with van der Waals surface area (Å²) in [4.78, 5) is 19.4. The highest BCUT2D eigenvalue weighted by molar-refractivity contribution is 7.80. The minimum Gasteiger partial charge on any atom is -0.497 e. The number of esters is 1. The maximum atomic E-state index is 12.7. The van der Waals surface area contributed by atoms with Crippen molar-refractivity contribution >= 4 is 29.0 Å². The lowest BCUT2D eigenvalue weighted by molar-refractivity contribution is 0.0600. The number of carbonyl (C=O) groups excluding carboxylic acids is 1. The zero-order chi connectivity index (χ0) is 29.1. The van der Waals surface area contributed by atoms with Crippen molar-refractivity contribution in [2.45, 2.75) is 12.1 Å². The molecular weight excluding hydrogens is 548 g/mol. The number of hydrogen-bond acceptors (Lipinski definition) is 6. The van der Waals surface area contributed by atoms with E-state index in [9.17, 15) is 4.79 Å². The first kappa shape index (κ1) is 27.0. The van der Waals surface area contributed by atoms with Gasteiger partial charge in [0.25, 0.3) is 0 Å². The molecule has 210 valence electrons. The standard InChI is InChI=1S/C33H28N4O4S/c1-39-23-16-18-25(19-17-23)41-24-14-12-22(13-15-24)37-31(30(35-33(37)42)27-9-5-6-20-34-27)29-11-7-21-36(29)28-10-4-3-8-26(28)32(38)40-2/h3-21,30-31H,1-2H3,(H,35,42)/t30-,31-/m1/s1. The fourth-order valence-electron chi connectivity index (χ4n) is 5.21. The number of nitrogens with zero attached hydrogens (tertiary/aromatic N) is 3. The molecule has 2 aromatic heterocycles. The van der Waals surface area contributed by atoms with Crippen LogP contribution in [0.2, 0.25) is 0 Å². The van der Waals surface area contributed by atoms with Crippen LogP contribution in [0.3, 0.4) is 0 Å². The first-order chi connectivity index (χ1) is 20.6. The molecule has 0 unspecified atom stereocenters. The fourth-order valence-corrected chi connectivity index (χ4v) is 5.55. The summed E-state index contributed by atoms with van der Waals surface area (Å²) in [5, 5.41) is 4.06. The lowest BCUT2D eigenvalue weighted by atomic mass is 10.0. The Kier molecular flexibility index (Phi) is 7.57. The first-order valence-corrected chi connectivity index (χ1v) is 13.8. The van der Waals surface area contributed by atoms with Gasteiger partial charge in [-0.05, 0) is 97.1 Å². The summed E-state index contributed by atoms with van der Waals surface area (Å²) in [5.74, 6) is 1.75. The zero-order valence-electron chi connectivity index (χ0n) is 23.0. The number of pyridine rings is 1. The third kappa shape index (κ3) is 5.17. The van der Waals surface area contributed by atoms with Gasteiger partial charge in [0.2, 0.25) is 0 Å². The van der Waals surface area contributed by atoms with Crippen LogP contribution in [0.4, 0.5) is 5.69 Å². The van der Waals surface area contributed by atoms with Gasteiger partial charge in [0, 0.05) is 23.8 Å². The Balaban J connectivity index is 1.39. The number of methoxy groups -OCH3 is 2. The minimum absolute atomic E-state index is 0.257. The molecule has 1 aliphatic rings. The van der Waals surface area contributed by atoms with Crippen LogP contribution in [0.1, 0.15) is 33.8 Å². The molecule has 1 N–H and O–H groups in total. The topological polar surface area (TPSA) is 77.9 Å². The number of nitrogens with one attached hydrogen (secondary N) is 1. The van der Waals surface area contributed by atoms with Crippen molar-refractivity contribution in [3.63, 3.8) is 0 Å². The van der Waals surface area contributed by atoms with Gasteiger partial charge in [0.05, 0.1) is 37.2 Å². The van der Waals surface area contributed by atoms with Crippen LogP contribution in [0, 0.1) is 0 Å². The number of para-hydroxylation sites is 1. The molecular formula is C33H28N4O4S. The Labute approximate surface area is 249 Å². The van der Waals surface area contributed by atoms with E-state index in [1.54, 1.807) is 19.4 Å². The van der Waals surface area contributed by atoms with Crippen LogP contribution in [0.5, 0.6) is 17.2 Å². The van der Waals surface area contributed by atoms with Crippen molar-refractivity contribution in [2.75, 3.05) is 19.1 Å². The molecule has 0 radical (unpaired) electrons. The number of rotatable bonds is 8. The van der Waals surface area contributed by atoms with E-state index in [1.165, 1.54) is 7.11 Å². The third-order valence-corrected chi connectivity index (χ3v) is 7.47. The van der Waals surface area contributed by atoms with E-state index in [2.05, 4.69) is 15.2 Å². The molecule has 0 amide bonds. The summed E-state index contributed by atoms with van der Waals surface area (Å²) in [7, 11) is 3.02. The number of aromatic nitrogens is 2. The fraction of sp³-hybridized carbons (Fsp3) is 0.121. The molecule has 0 aliphatic carbocycles. The maximum absolute atomic E-state index is 12.7. The molecule has 2 atom stereocenters. The summed E-state index contributed by atoms with van der Waals surface area (Å²) in [6.45, 7) is 0. The first-order valence-electron chi connectivity index (χ1n) is 13.3. The summed E-state index contributed by atoms with van der Waals surface area (Å²) in [6.07, 6.45) is 3.72. The highest BCUT2D eigenvalue weighted by atomic mass is 32.1. The SMILES string of the molecule is COC(=O)c1ccccc1-n1cccc1[C@@H]1[C@@H](c2ccccn2)NC(=S)N1c1ccc(Oc2ccc(OC)cc2)cc1. The van der Waals surface area contributed by atoms with E-state index in [1.807, 2.05) is 108 Å². The van der Waals surface area contributed by atoms with Crippen LogP contribution in [-0.2, 0) is 4.74 Å². The molecule has 0 spiro atoms. The Morgan fingerprint density at radius 2 is 1.52 bits per heavy atom. The Hall–Kier alpha value is -5.15. The summed E-state index contributed by atoms with van der Waals surface area (Å²) in [6, 6.07) is 31.9. The molecule has 1 saturated heterocycles. The summed E-state index contributed by atoms with van der Waals surface area (Å²) in [5.41, 5.74) is 3.83. The number of thiocarbonyl (C=S) groups is 1. The lowest BCUT2D eigenvalue weighted by Gasteiger charge is -2.29. The molecule has 8 nitrogen and oxygen atoms in total. The molecule has 3 aromatic carbocycles. The molecule has 42 heavy (non-hydrogen) atoms. The molecule has 6 rings (SSSR count). The van der Waals surface area contributed by atoms with Crippen LogP contribution >= 0.6 is 12.2 Å². The second-order valence-corrected chi connectivity index (χ2v) is 9.97. The van der Waals surface area contributed by atoms with E-state index in [-0.39, 0.29) is 12.1 Å². The third-order valence-electron chi connectivity index (χ3n) is 7.16. The quantitative estimate of drug-likeness (QED) is 0.163. The number of hydrogen-bond donors (Lipinski definition) is 1. The molecule has 9 heteroatoms. The molecule has 5 aromatic rings. The smallest absolute Gasteiger partial charge is 0.339 e. The van der Waals surface area contributed by atoms with Gasteiger partial charge >= 0.3 is 5.97 Å². The van der Waals surface area contributed by atoms with E-state index in [0.29, 0.717) is 27.9 Å². The number of benzene rings is 3. The van der Waals surface area contributed by atoms with Gasteiger partial charge in [-0.1, -0.05) is 18.2 Å².